The molecule has 0 saturated heterocycles. The molecule has 1 aromatic heterocycles. The Hall–Kier alpha value is -4.66. The zero-order valence-electron chi connectivity index (χ0n) is 20.7. The smallest absolute Gasteiger partial charge is 0.145 e. The number of aromatic nitrogens is 2. The predicted molar refractivity (Wildman–Crippen MR) is 160 cm³/mol. The van der Waals surface area contributed by atoms with Crippen LogP contribution in [0.4, 0.5) is 0 Å². The minimum atomic E-state index is 0.703. The third kappa shape index (κ3) is 4.95. The average molecular weight is 509 g/mol. The van der Waals surface area contributed by atoms with E-state index in [4.69, 9.17) is 16.6 Å². The summed E-state index contributed by atoms with van der Waals surface area (Å²) < 4.78 is 2.24. The highest BCUT2D eigenvalue weighted by Crippen LogP contribution is 2.38. The summed E-state index contributed by atoms with van der Waals surface area (Å²) >= 11 is 6.27. The second kappa shape index (κ2) is 10.8. The van der Waals surface area contributed by atoms with E-state index in [1.54, 1.807) is 0 Å². The van der Waals surface area contributed by atoms with Gasteiger partial charge in [-0.05, 0) is 35.4 Å². The van der Waals surface area contributed by atoms with E-state index in [9.17, 15) is 0 Å². The molecule has 2 nitrogen and oxygen atoms in total. The summed E-state index contributed by atoms with van der Waals surface area (Å²) in [6.45, 7) is 0. The number of hydrogen-bond donors (Lipinski definition) is 0. The van der Waals surface area contributed by atoms with Crippen LogP contribution in [-0.2, 0) is 0 Å². The molecular formula is C35H25ClN2. The van der Waals surface area contributed by atoms with Crippen molar-refractivity contribution < 1.29 is 0 Å². The summed E-state index contributed by atoms with van der Waals surface area (Å²) in [6, 6.07) is 47.7. The lowest BCUT2D eigenvalue weighted by atomic mass is 10.0. The summed E-state index contributed by atoms with van der Waals surface area (Å²) in [5.74, 6) is 0.878. The van der Waals surface area contributed by atoms with Crippen molar-refractivity contribution in [3.05, 3.63) is 156 Å². The van der Waals surface area contributed by atoms with E-state index in [0.717, 1.165) is 45.2 Å². The van der Waals surface area contributed by atoms with Crippen molar-refractivity contribution >= 4 is 23.8 Å². The van der Waals surface area contributed by atoms with Crippen LogP contribution in [0.15, 0.2) is 140 Å². The first kappa shape index (κ1) is 23.7. The molecule has 38 heavy (non-hydrogen) atoms. The number of benzene rings is 5. The Morgan fingerprint density at radius 2 is 1.03 bits per heavy atom. The average Bonchev–Trinajstić information content (AvgIpc) is 3.39. The SMILES string of the molecule is Clc1ccc(-n2c(-c3ccc(/C=C/c4ccccc4)cc3)nc(-c3ccccc3)c2-c2ccccc2)cc1. The fourth-order valence-electron chi connectivity index (χ4n) is 4.61. The van der Waals surface area contributed by atoms with Crippen LogP contribution in [0.25, 0.3) is 51.7 Å². The maximum Gasteiger partial charge on any atom is 0.145 e. The number of rotatable bonds is 6. The molecule has 0 spiro atoms. The molecule has 0 unspecified atom stereocenters. The van der Waals surface area contributed by atoms with E-state index in [0.29, 0.717) is 5.02 Å². The molecule has 5 aromatic carbocycles. The van der Waals surface area contributed by atoms with E-state index in [1.165, 1.54) is 5.56 Å². The van der Waals surface area contributed by atoms with Gasteiger partial charge in [0, 0.05) is 27.4 Å². The van der Waals surface area contributed by atoms with E-state index in [1.807, 2.05) is 54.6 Å². The van der Waals surface area contributed by atoms with Gasteiger partial charge in [-0.25, -0.2) is 4.98 Å². The quantitative estimate of drug-likeness (QED) is 0.205. The molecule has 0 aliphatic carbocycles. The predicted octanol–water partition coefficient (Wildman–Crippen LogP) is 9.70. The van der Waals surface area contributed by atoms with Gasteiger partial charge in [-0.1, -0.05) is 139 Å². The molecule has 0 radical (unpaired) electrons. The first-order valence-electron chi connectivity index (χ1n) is 12.6. The first-order chi connectivity index (χ1) is 18.8. The topological polar surface area (TPSA) is 17.8 Å². The van der Waals surface area contributed by atoms with Crippen LogP contribution in [0.1, 0.15) is 11.1 Å². The highest BCUT2D eigenvalue weighted by atomic mass is 35.5. The van der Waals surface area contributed by atoms with Crippen LogP contribution in [-0.4, -0.2) is 9.55 Å². The van der Waals surface area contributed by atoms with Crippen molar-refractivity contribution in [2.75, 3.05) is 0 Å². The monoisotopic (exact) mass is 508 g/mol. The van der Waals surface area contributed by atoms with Gasteiger partial charge >= 0.3 is 0 Å². The minimum Gasteiger partial charge on any atom is -0.292 e. The van der Waals surface area contributed by atoms with Gasteiger partial charge in [0.1, 0.15) is 5.82 Å². The van der Waals surface area contributed by atoms with Gasteiger partial charge in [0.05, 0.1) is 11.4 Å². The van der Waals surface area contributed by atoms with Crippen molar-refractivity contribution in [2.24, 2.45) is 0 Å². The second-order valence-electron chi connectivity index (χ2n) is 9.04. The van der Waals surface area contributed by atoms with Crippen molar-refractivity contribution in [2.45, 2.75) is 0 Å². The Morgan fingerprint density at radius 1 is 0.500 bits per heavy atom. The Morgan fingerprint density at radius 3 is 1.63 bits per heavy atom. The van der Waals surface area contributed by atoms with Gasteiger partial charge in [0.2, 0.25) is 0 Å². The molecule has 0 N–H and O–H groups in total. The molecule has 6 rings (SSSR count). The summed E-state index contributed by atoms with van der Waals surface area (Å²) in [4.78, 5) is 5.26. The first-order valence-corrected chi connectivity index (χ1v) is 13.0. The van der Waals surface area contributed by atoms with Gasteiger partial charge in [0.15, 0.2) is 0 Å². The fraction of sp³-hybridized carbons (Fsp3) is 0. The Labute approximate surface area is 228 Å². The van der Waals surface area contributed by atoms with Crippen LogP contribution < -0.4 is 0 Å². The van der Waals surface area contributed by atoms with Crippen molar-refractivity contribution in [3.63, 3.8) is 0 Å². The normalized spacial score (nSPS) is 11.2. The fourth-order valence-corrected chi connectivity index (χ4v) is 4.74. The molecule has 0 aliphatic rings. The van der Waals surface area contributed by atoms with E-state index >= 15 is 0 Å². The molecule has 0 aliphatic heterocycles. The maximum atomic E-state index is 6.27. The molecule has 0 bridgehead atoms. The van der Waals surface area contributed by atoms with Crippen LogP contribution in [0.2, 0.25) is 5.02 Å². The summed E-state index contributed by atoms with van der Waals surface area (Å²) in [5.41, 5.74) is 8.51. The van der Waals surface area contributed by atoms with E-state index in [-0.39, 0.29) is 0 Å². The lowest BCUT2D eigenvalue weighted by Crippen LogP contribution is -2.00. The summed E-state index contributed by atoms with van der Waals surface area (Å²) in [6.07, 6.45) is 4.26. The van der Waals surface area contributed by atoms with Gasteiger partial charge in [-0.3, -0.25) is 4.57 Å². The molecule has 0 fully saturated rings. The van der Waals surface area contributed by atoms with Crippen LogP contribution >= 0.6 is 11.6 Å². The standard InChI is InChI=1S/C35H25ClN2/c36-31-22-24-32(25-23-31)38-34(29-14-8-3-9-15-29)33(28-12-6-2-7-13-28)37-35(38)30-20-18-27(19-21-30)17-16-26-10-4-1-5-11-26/h1-25H/b17-16+. The Balaban J connectivity index is 1.52. The molecule has 3 heteroatoms. The Bertz CT molecular complexity index is 1670. The van der Waals surface area contributed by atoms with Crippen molar-refractivity contribution in [1.29, 1.82) is 0 Å². The molecule has 6 aromatic rings. The van der Waals surface area contributed by atoms with Gasteiger partial charge in [-0.15, -0.1) is 0 Å². The highest BCUT2D eigenvalue weighted by Gasteiger charge is 2.22. The van der Waals surface area contributed by atoms with Crippen LogP contribution in [0.5, 0.6) is 0 Å². The molecular weight excluding hydrogens is 484 g/mol. The number of hydrogen-bond acceptors (Lipinski definition) is 1. The number of nitrogens with zero attached hydrogens (tertiary/aromatic N) is 2. The zero-order valence-corrected chi connectivity index (χ0v) is 21.5. The van der Waals surface area contributed by atoms with Gasteiger partial charge < -0.3 is 0 Å². The van der Waals surface area contributed by atoms with E-state index < -0.39 is 0 Å². The van der Waals surface area contributed by atoms with Crippen molar-refractivity contribution in [1.82, 2.24) is 9.55 Å². The van der Waals surface area contributed by atoms with Gasteiger partial charge in [-0.2, -0.15) is 0 Å². The van der Waals surface area contributed by atoms with Crippen LogP contribution in [0, 0.1) is 0 Å². The molecule has 1 heterocycles. The third-order valence-electron chi connectivity index (χ3n) is 6.49. The summed E-state index contributed by atoms with van der Waals surface area (Å²) in [7, 11) is 0. The number of halogens is 1. The van der Waals surface area contributed by atoms with Crippen molar-refractivity contribution in [3.8, 4) is 39.6 Å². The third-order valence-corrected chi connectivity index (χ3v) is 6.75. The molecule has 0 saturated carbocycles. The molecule has 182 valence electrons. The highest BCUT2D eigenvalue weighted by molar-refractivity contribution is 6.30. The lowest BCUT2D eigenvalue weighted by molar-refractivity contribution is 1.07. The van der Waals surface area contributed by atoms with E-state index in [2.05, 4.69) is 102 Å². The summed E-state index contributed by atoms with van der Waals surface area (Å²) in [5, 5.41) is 0.703. The second-order valence-corrected chi connectivity index (χ2v) is 9.48. The maximum absolute atomic E-state index is 6.27. The molecule has 0 amide bonds. The lowest BCUT2D eigenvalue weighted by Gasteiger charge is -2.14. The zero-order chi connectivity index (χ0) is 25.7. The largest absolute Gasteiger partial charge is 0.292 e. The van der Waals surface area contributed by atoms with Crippen LogP contribution in [0.3, 0.4) is 0 Å². The number of imidazole rings is 1. The minimum absolute atomic E-state index is 0.703. The Kier molecular flexibility index (Phi) is 6.72. The molecule has 0 atom stereocenters. The van der Waals surface area contributed by atoms with Gasteiger partial charge in [0.25, 0.3) is 0 Å².